The Bertz CT molecular complexity index is 535. The highest BCUT2D eigenvalue weighted by molar-refractivity contribution is 7.99. The van der Waals surface area contributed by atoms with Crippen molar-refractivity contribution < 1.29 is 0 Å². The van der Waals surface area contributed by atoms with Gasteiger partial charge in [0.05, 0.1) is 5.69 Å². The molecule has 1 unspecified atom stereocenters. The van der Waals surface area contributed by atoms with Gasteiger partial charge in [-0.2, -0.15) is 5.10 Å². The third-order valence-corrected chi connectivity index (χ3v) is 4.51. The zero-order valence-electron chi connectivity index (χ0n) is 10.5. The van der Waals surface area contributed by atoms with Gasteiger partial charge in [0.1, 0.15) is 0 Å². The Hall–Kier alpha value is -1.26. The number of fused-ring (bicyclic) bond motifs is 1. The van der Waals surface area contributed by atoms with E-state index in [-0.39, 0.29) is 0 Å². The van der Waals surface area contributed by atoms with E-state index in [1.54, 1.807) is 0 Å². The standard InChI is InChI=1S/C14H17N3S/c1-15-8-12-6-7-17(16-12)9-11-10-18-14-5-3-2-4-13(11)14/h2-7,11,15H,8-10H2,1H3. The molecule has 0 aliphatic carbocycles. The van der Waals surface area contributed by atoms with Crippen molar-refractivity contribution in [2.75, 3.05) is 12.8 Å². The summed E-state index contributed by atoms with van der Waals surface area (Å²) in [6, 6.07) is 10.8. The molecule has 1 aromatic carbocycles. The summed E-state index contributed by atoms with van der Waals surface area (Å²) in [6.45, 7) is 1.82. The molecule has 1 aliphatic rings. The average Bonchev–Trinajstić information content (AvgIpc) is 2.99. The zero-order valence-corrected chi connectivity index (χ0v) is 11.3. The topological polar surface area (TPSA) is 29.9 Å². The number of hydrogen-bond acceptors (Lipinski definition) is 3. The van der Waals surface area contributed by atoms with Crippen molar-refractivity contribution in [2.45, 2.75) is 23.9 Å². The fraction of sp³-hybridized carbons (Fsp3) is 0.357. The van der Waals surface area contributed by atoms with Gasteiger partial charge in [-0.05, 0) is 24.7 Å². The van der Waals surface area contributed by atoms with Gasteiger partial charge < -0.3 is 5.32 Å². The minimum Gasteiger partial charge on any atom is -0.314 e. The minimum atomic E-state index is 0.591. The van der Waals surface area contributed by atoms with E-state index in [1.165, 1.54) is 16.2 Å². The number of aromatic nitrogens is 2. The van der Waals surface area contributed by atoms with Gasteiger partial charge in [-0.15, -0.1) is 11.8 Å². The molecule has 2 heterocycles. The van der Waals surface area contributed by atoms with Gasteiger partial charge in [-0.3, -0.25) is 4.68 Å². The van der Waals surface area contributed by atoms with Crippen LogP contribution < -0.4 is 5.32 Å². The van der Waals surface area contributed by atoms with Crippen molar-refractivity contribution >= 4 is 11.8 Å². The van der Waals surface area contributed by atoms with E-state index in [0.29, 0.717) is 5.92 Å². The van der Waals surface area contributed by atoms with Crippen molar-refractivity contribution in [1.82, 2.24) is 15.1 Å². The van der Waals surface area contributed by atoms with Gasteiger partial charge in [0.2, 0.25) is 0 Å². The molecule has 0 radical (unpaired) electrons. The third kappa shape index (κ3) is 2.31. The molecule has 1 aliphatic heterocycles. The van der Waals surface area contributed by atoms with Crippen molar-refractivity contribution in [2.24, 2.45) is 0 Å². The second-order valence-electron chi connectivity index (χ2n) is 4.61. The van der Waals surface area contributed by atoms with Crippen LogP contribution in [0.2, 0.25) is 0 Å². The summed E-state index contributed by atoms with van der Waals surface area (Å²) < 4.78 is 2.07. The molecule has 2 aromatic rings. The van der Waals surface area contributed by atoms with Gasteiger partial charge in [-0.1, -0.05) is 18.2 Å². The Balaban J connectivity index is 1.73. The van der Waals surface area contributed by atoms with E-state index in [9.17, 15) is 0 Å². The van der Waals surface area contributed by atoms with Crippen LogP contribution in [-0.4, -0.2) is 22.6 Å². The predicted molar refractivity (Wildman–Crippen MR) is 74.9 cm³/mol. The molecule has 1 atom stereocenters. The Kier molecular flexibility index (Phi) is 3.39. The van der Waals surface area contributed by atoms with Crippen LogP contribution in [0, 0.1) is 0 Å². The van der Waals surface area contributed by atoms with E-state index in [0.717, 1.165) is 18.8 Å². The van der Waals surface area contributed by atoms with Crippen molar-refractivity contribution in [1.29, 1.82) is 0 Å². The fourth-order valence-corrected chi connectivity index (χ4v) is 3.63. The normalized spacial score (nSPS) is 17.9. The highest BCUT2D eigenvalue weighted by Gasteiger charge is 2.23. The first-order valence-corrected chi connectivity index (χ1v) is 7.24. The lowest BCUT2D eigenvalue weighted by atomic mass is 10.0. The fourth-order valence-electron chi connectivity index (χ4n) is 2.39. The Morgan fingerprint density at radius 2 is 2.28 bits per heavy atom. The summed E-state index contributed by atoms with van der Waals surface area (Å²) in [5, 5.41) is 7.71. The van der Waals surface area contributed by atoms with Crippen LogP contribution in [0.1, 0.15) is 17.2 Å². The number of rotatable bonds is 4. The Morgan fingerprint density at radius 3 is 3.17 bits per heavy atom. The van der Waals surface area contributed by atoms with Crippen molar-refractivity contribution in [3.63, 3.8) is 0 Å². The monoisotopic (exact) mass is 259 g/mol. The first-order valence-electron chi connectivity index (χ1n) is 6.25. The first-order chi connectivity index (χ1) is 8.86. The van der Waals surface area contributed by atoms with Gasteiger partial charge in [0.25, 0.3) is 0 Å². The summed E-state index contributed by atoms with van der Waals surface area (Å²) in [5.74, 6) is 1.76. The number of benzene rings is 1. The van der Waals surface area contributed by atoms with Crippen LogP contribution in [0.4, 0.5) is 0 Å². The maximum atomic E-state index is 4.58. The van der Waals surface area contributed by atoms with E-state index in [2.05, 4.69) is 51.6 Å². The van der Waals surface area contributed by atoms with Crippen molar-refractivity contribution in [3.05, 3.63) is 47.8 Å². The van der Waals surface area contributed by atoms with Crippen LogP contribution in [0.5, 0.6) is 0 Å². The summed E-state index contributed by atoms with van der Waals surface area (Å²) >= 11 is 1.96. The molecule has 1 aromatic heterocycles. The maximum absolute atomic E-state index is 4.58. The van der Waals surface area contributed by atoms with Crippen LogP contribution in [0.3, 0.4) is 0 Å². The molecule has 4 heteroatoms. The summed E-state index contributed by atoms with van der Waals surface area (Å²) in [5.41, 5.74) is 2.59. The maximum Gasteiger partial charge on any atom is 0.0762 e. The zero-order chi connectivity index (χ0) is 12.4. The largest absolute Gasteiger partial charge is 0.314 e. The SMILES string of the molecule is CNCc1ccn(CC2CSc3ccccc32)n1. The molecule has 1 N–H and O–H groups in total. The second kappa shape index (κ2) is 5.16. The lowest BCUT2D eigenvalue weighted by Gasteiger charge is -2.10. The number of thioether (sulfide) groups is 1. The molecular weight excluding hydrogens is 242 g/mol. The number of nitrogens with one attached hydrogen (secondary N) is 1. The molecule has 0 saturated heterocycles. The second-order valence-corrected chi connectivity index (χ2v) is 5.67. The lowest BCUT2D eigenvalue weighted by molar-refractivity contribution is 0.541. The van der Waals surface area contributed by atoms with Crippen LogP contribution in [-0.2, 0) is 13.1 Å². The minimum absolute atomic E-state index is 0.591. The smallest absolute Gasteiger partial charge is 0.0762 e. The van der Waals surface area contributed by atoms with E-state index < -0.39 is 0 Å². The molecule has 0 amide bonds. The lowest BCUT2D eigenvalue weighted by Crippen LogP contribution is -2.11. The predicted octanol–water partition coefficient (Wildman–Crippen LogP) is 2.49. The molecule has 0 spiro atoms. The molecule has 0 fully saturated rings. The van der Waals surface area contributed by atoms with Crippen LogP contribution >= 0.6 is 11.8 Å². The van der Waals surface area contributed by atoms with Crippen LogP contribution in [0.25, 0.3) is 0 Å². The molecular formula is C14H17N3S. The average molecular weight is 259 g/mol. The summed E-state index contributed by atoms with van der Waals surface area (Å²) in [7, 11) is 1.95. The number of hydrogen-bond donors (Lipinski definition) is 1. The van der Waals surface area contributed by atoms with Gasteiger partial charge in [0.15, 0.2) is 0 Å². The highest BCUT2D eigenvalue weighted by Crippen LogP contribution is 2.39. The van der Waals surface area contributed by atoms with E-state index in [4.69, 9.17) is 0 Å². The summed E-state index contributed by atoms with van der Waals surface area (Å²) in [6.07, 6.45) is 2.08. The Labute approximate surface area is 112 Å². The van der Waals surface area contributed by atoms with Gasteiger partial charge >= 0.3 is 0 Å². The first kappa shape index (κ1) is 11.8. The number of nitrogens with zero attached hydrogens (tertiary/aromatic N) is 2. The molecule has 94 valence electrons. The van der Waals surface area contributed by atoms with E-state index >= 15 is 0 Å². The van der Waals surface area contributed by atoms with Crippen LogP contribution in [0.15, 0.2) is 41.4 Å². The van der Waals surface area contributed by atoms with Crippen molar-refractivity contribution in [3.8, 4) is 0 Å². The molecule has 3 nitrogen and oxygen atoms in total. The molecule has 0 saturated carbocycles. The highest BCUT2D eigenvalue weighted by atomic mass is 32.2. The molecule has 3 rings (SSSR count). The summed E-state index contributed by atoms with van der Waals surface area (Å²) in [4.78, 5) is 1.44. The Morgan fingerprint density at radius 1 is 1.39 bits per heavy atom. The molecule has 18 heavy (non-hydrogen) atoms. The quantitative estimate of drug-likeness (QED) is 0.915. The third-order valence-electron chi connectivity index (χ3n) is 3.26. The van der Waals surface area contributed by atoms with E-state index in [1.807, 2.05) is 18.8 Å². The molecule has 0 bridgehead atoms. The van der Waals surface area contributed by atoms with Gasteiger partial charge in [0, 0.05) is 35.9 Å². The van der Waals surface area contributed by atoms with Gasteiger partial charge in [-0.25, -0.2) is 0 Å².